The van der Waals surface area contributed by atoms with Crippen molar-refractivity contribution in [3.8, 4) is 17.2 Å². The van der Waals surface area contributed by atoms with Crippen molar-refractivity contribution in [3.05, 3.63) is 17.7 Å². The van der Waals surface area contributed by atoms with Gasteiger partial charge in [-0.3, -0.25) is 9.59 Å². The molecule has 1 aliphatic heterocycles. The smallest absolute Gasteiger partial charge is 0.309 e. The van der Waals surface area contributed by atoms with Gasteiger partial charge in [-0.1, -0.05) is 0 Å². The Labute approximate surface area is 128 Å². The van der Waals surface area contributed by atoms with E-state index in [0.717, 1.165) is 0 Å². The molecule has 7 heteroatoms. The second kappa shape index (κ2) is 6.13. The minimum Gasteiger partial charge on any atom is -0.493 e. The molecule has 0 saturated carbocycles. The Morgan fingerprint density at radius 2 is 1.73 bits per heavy atom. The van der Waals surface area contributed by atoms with E-state index in [0.29, 0.717) is 22.8 Å². The van der Waals surface area contributed by atoms with Crippen LogP contribution in [0.15, 0.2) is 12.1 Å². The summed E-state index contributed by atoms with van der Waals surface area (Å²) in [6, 6.07) is 2.78. The van der Waals surface area contributed by atoms with Crippen LogP contribution in [0.4, 0.5) is 0 Å². The molecule has 1 N–H and O–H groups in total. The molecular weight excluding hydrogens is 290 g/mol. The van der Waals surface area contributed by atoms with E-state index in [2.05, 4.69) is 0 Å². The van der Waals surface area contributed by atoms with Crippen LogP contribution in [-0.2, 0) is 9.59 Å². The van der Waals surface area contributed by atoms with E-state index in [1.54, 1.807) is 19.2 Å². The number of methoxy groups -OCH3 is 3. The molecule has 1 fully saturated rings. The van der Waals surface area contributed by atoms with Gasteiger partial charge in [0, 0.05) is 13.5 Å². The van der Waals surface area contributed by atoms with E-state index < -0.39 is 17.9 Å². The number of aliphatic carboxylic acids is 1. The molecule has 0 aromatic heterocycles. The van der Waals surface area contributed by atoms with Gasteiger partial charge in [0.15, 0.2) is 11.5 Å². The molecule has 7 nitrogen and oxygen atoms in total. The Morgan fingerprint density at radius 3 is 2.14 bits per heavy atom. The third-order valence-electron chi connectivity index (χ3n) is 3.93. The minimum absolute atomic E-state index is 0.0207. The van der Waals surface area contributed by atoms with Crippen LogP contribution in [0.2, 0.25) is 0 Å². The maximum atomic E-state index is 11.9. The Hall–Kier alpha value is -2.44. The van der Waals surface area contributed by atoms with Crippen molar-refractivity contribution < 1.29 is 28.9 Å². The highest BCUT2D eigenvalue weighted by Crippen LogP contribution is 2.44. The number of amides is 1. The second-order valence-electron chi connectivity index (χ2n) is 5.06. The molecule has 0 radical (unpaired) electrons. The summed E-state index contributed by atoms with van der Waals surface area (Å²) in [5.41, 5.74) is 0.634. The number of hydrogen-bond donors (Lipinski definition) is 1. The maximum absolute atomic E-state index is 11.9. The van der Waals surface area contributed by atoms with Crippen LogP contribution in [0.5, 0.6) is 17.2 Å². The number of carbonyl (C=O) groups excluding carboxylic acids is 1. The van der Waals surface area contributed by atoms with E-state index in [-0.39, 0.29) is 12.3 Å². The number of likely N-dealkylation sites (tertiary alicyclic amines) is 1. The average Bonchev–Trinajstić information content (AvgIpc) is 2.81. The molecule has 2 rings (SSSR count). The zero-order valence-corrected chi connectivity index (χ0v) is 13.0. The average molecular weight is 309 g/mol. The van der Waals surface area contributed by atoms with Crippen LogP contribution in [-0.4, -0.2) is 50.3 Å². The van der Waals surface area contributed by atoms with Gasteiger partial charge in [-0.25, -0.2) is 0 Å². The van der Waals surface area contributed by atoms with E-state index >= 15 is 0 Å². The summed E-state index contributed by atoms with van der Waals surface area (Å²) in [4.78, 5) is 24.8. The lowest BCUT2D eigenvalue weighted by Crippen LogP contribution is -2.27. The standard InChI is InChI=1S/C15H19NO6/c1-16-12(17)7-9(15(18)19)13(16)8-5-10(20-2)14(22-4)11(6-8)21-3/h5-6,9,13H,7H2,1-4H3,(H,18,19)/t9-,13+/m1/s1. The molecule has 0 aliphatic carbocycles. The Morgan fingerprint density at radius 1 is 1.18 bits per heavy atom. The number of nitrogens with zero attached hydrogens (tertiary/aromatic N) is 1. The fourth-order valence-corrected chi connectivity index (χ4v) is 2.82. The highest BCUT2D eigenvalue weighted by atomic mass is 16.5. The van der Waals surface area contributed by atoms with Gasteiger partial charge in [0.1, 0.15) is 0 Å². The Kier molecular flexibility index (Phi) is 4.44. The Bertz CT molecular complexity index is 575. The molecule has 1 saturated heterocycles. The summed E-state index contributed by atoms with van der Waals surface area (Å²) in [5.74, 6) is -0.738. The van der Waals surface area contributed by atoms with Gasteiger partial charge in [-0.15, -0.1) is 0 Å². The van der Waals surface area contributed by atoms with Crippen molar-refractivity contribution in [1.82, 2.24) is 4.90 Å². The van der Waals surface area contributed by atoms with Crippen molar-refractivity contribution in [2.45, 2.75) is 12.5 Å². The van der Waals surface area contributed by atoms with Crippen LogP contribution < -0.4 is 14.2 Å². The monoisotopic (exact) mass is 309 g/mol. The van der Waals surface area contributed by atoms with Crippen molar-refractivity contribution in [1.29, 1.82) is 0 Å². The molecule has 1 aromatic rings. The number of carbonyl (C=O) groups is 2. The first-order chi connectivity index (χ1) is 10.4. The summed E-state index contributed by atoms with van der Waals surface area (Å²) in [6.45, 7) is 0. The van der Waals surface area contributed by atoms with Gasteiger partial charge < -0.3 is 24.2 Å². The lowest BCUT2D eigenvalue weighted by Gasteiger charge is -2.25. The van der Waals surface area contributed by atoms with Crippen molar-refractivity contribution in [2.24, 2.45) is 5.92 Å². The molecule has 1 aromatic carbocycles. The first kappa shape index (κ1) is 15.9. The van der Waals surface area contributed by atoms with Crippen LogP contribution in [0, 0.1) is 5.92 Å². The number of carboxylic acids is 1. The second-order valence-corrected chi connectivity index (χ2v) is 5.06. The third kappa shape index (κ3) is 2.54. The summed E-state index contributed by atoms with van der Waals surface area (Å²) in [7, 11) is 6.06. The highest BCUT2D eigenvalue weighted by Gasteiger charge is 2.43. The molecule has 1 aliphatic rings. The lowest BCUT2D eigenvalue weighted by atomic mass is 9.93. The van der Waals surface area contributed by atoms with Crippen molar-refractivity contribution in [3.63, 3.8) is 0 Å². The number of ether oxygens (including phenoxy) is 3. The summed E-state index contributed by atoms with van der Waals surface area (Å²) >= 11 is 0. The number of carboxylic acid groups (broad SMARTS) is 1. The van der Waals surface area contributed by atoms with Crippen LogP contribution in [0.1, 0.15) is 18.0 Å². The number of benzene rings is 1. The number of hydrogen-bond acceptors (Lipinski definition) is 5. The van der Waals surface area contributed by atoms with Gasteiger partial charge in [0.05, 0.1) is 33.3 Å². The quantitative estimate of drug-likeness (QED) is 0.883. The fraction of sp³-hybridized carbons (Fsp3) is 0.467. The van der Waals surface area contributed by atoms with Gasteiger partial charge in [0.2, 0.25) is 11.7 Å². The van der Waals surface area contributed by atoms with E-state index in [1.807, 2.05) is 0 Å². The van der Waals surface area contributed by atoms with Crippen LogP contribution in [0.3, 0.4) is 0 Å². The lowest BCUT2D eigenvalue weighted by molar-refractivity contribution is -0.142. The zero-order valence-electron chi connectivity index (χ0n) is 13.0. The zero-order chi connectivity index (χ0) is 16.4. The van der Waals surface area contributed by atoms with Gasteiger partial charge in [-0.2, -0.15) is 0 Å². The molecule has 22 heavy (non-hydrogen) atoms. The Balaban J connectivity index is 2.55. The predicted molar refractivity (Wildman–Crippen MR) is 77.4 cm³/mol. The summed E-state index contributed by atoms with van der Waals surface area (Å²) in [6.07, 6.45) is -0.0207. The first-order valence-corrected chi connectivity index (χ1v) is 6.73. The largest absolute Gasteiger partial charge is 0.493 e. The highest BCUT2D eigenvalue weighted by molar-refractivity contribution is 5.87. The van der Waals surface area contributed by atoms with Gasteiger partial charge in [-0.05, 0) is 17.7 Å². The molecule has 0 bridgehead atoms. The molecule has 0 unspecified atom stereocenters. The molecule has 1 amide bonds. The van der Waals surface area contributed by atoms with Crippen LogP contribution >= 0.6 is 0 Å². The van der Waals surface area contributed by atoms with Gasteiger partial charge >= 0.3 is 5.97 Å². The normalized spacial score (nSPS) is 20.9. The molecular formula is C15H19NO6. The van der Waals surface area contributed by atoms with Crippen molar-refractivity contribution in [2.75, 3.05) is 28.4 Å². The molecule has 2 atom stereocenters. The topological polar surface area (TPSA) is 85.3 Å². The van der Waals surface area contributed by atoms with Crippen molar-refractivity contribution >= 4 is 11.9 Å². The summed E-state index contributed by atoms with van der Waals surface area (Å²) in [5, 5.41) is 9.37. The first-order valence-electron chi connectivity index (χ1n) is 6.73. The third-order valence-corrected chi connectivity index (χ3v) is 3.93. The van der Waals surface area contributed by atoms with E-state index in [1.165, 1.54) is 26.2 Å². The minimum atomic E-state index is -1.00. The van der Waals surface area contributed by atoms with Crippen LogP contribution in [0.25, 0.3) is 0 Å². The van der Waals surface area contributed by atoms with E-state index in [4.69, 9.17) is 14.2 Å². The molecule has 120 valence electrons. The maximum Gasteiger partial charge on any atom is 0.309 e. The van der Waals surface area contributed by atoms with Gasteiger partial charge in [0.25, 0.3) is 0 Å². The summed E-state index contributed by atoms with van der Waals surface area (Å²) < 4.78 is 15.8. The van der Waals surface area contributed by atoms with E-state index in [9.17, 15) is 14.7 Å². The SMILES string of the molecule is COc1cc([C@H]2[C@H](C(=O)O)CC(=O)N2C)cc(OC)c1OC. The predicted octanol–water partition coefficient (Wildman–Crippen LogP) is 1.32. The fourth-order valence-electron chi connectivity index (χ4n) is 2.82. The number of rotatable bonds is 5. The molecule has 1 heterocycles. The molecule has 0 spiro atoms.